The van der Waals surface area contributed by atoms with E-state index in [9.17, 15) is 8.42 Å². The van der Waals surface area contributed by atoms with Gasteiger partial charge < -0.3 is 5.32 Å². The van der Waals surface area contributed by atoms with Crippen molar-refractivity contribution in [2.45, 2.75) is 32.7 Å². The van der Waals surface area contributed by atoms with Crippen LogP contribution in [0.5, 0.6) is 0 Å². The van der Waals surface area contributed by atoms with Crippen LogP contribution in [-0.4, -0.2) is 27.0 Å². The smallest absolute Gasteiger partial charge is 0.260 e. The van der Waals surface area contributed by atoms with Crippen molar-refractivity contribution in [3.05, 3.63) is 18.3 Å². The summed E-state index contributed by atoms with van der Waals surface area (Å²) >= 11 is 0. The average molecular weight is 297 g/mol. The van der Waals surface area contributed by atoms with Crippen LogP contribution in [0.15, 0.2) is 23.4 Å². The molecule has 1 heterocycles. The van der Waals surface area contributed by atoms with E-state index in [0.29, 0.717) is 18.2 Å². The molecule has 1 saturated carbocycles. The Morgan fingerprint density at radius 2 is 1.85 bits per heavy atom. The lowest BCUT2D eigenvalue weighted by Gasteiger charge is -2.10. The maximum Gasteiger partial charge on any atom is 0.260 e. The number of sulfonamides is 1. The Labute approximate surface area is 121 Å². The van der Waals surface area contributed by atoms with Crippen LogP contribution in [0.3, 0.4) is 0 Å². The summed E-state index contributed by atoms with van der Waals surface area (Å²) in [7, 11) is -1.90. The minimum atomic E-state index is -3.58. The first-order valence-electron chi connectivity index (χ1n) is 6.77. The van der Waals surface area contributed by atoms with Gasteiger partial charge in [-0.1, -0.05) is 27.7 Å². The molecule has 0 aliphatic heterocycles. The maximum absolute atomic E-state index is 12.4. The molecule has 5 nitrogen and oxygen atoms in total. The molecule has 1 fully saturated rings. The monoisotopic (exact) mass is 297 g/mol. The molecule has 112 valence electrons. The Morgan fingerprint density at radius 1 is 1.25 bits per heavy atom. The third kappa shape index (κ3) is 2.31. The fourth-order valence-corrected chi connectivity index (χ4v) is 4.08. The van der Waals surface area contributed by atoms with Crippen LogP contribution in [0.25, 0.3) is 0 Å². The van der Waals surface area contributed by atoms with Crippen molar-refractivity contribution in [1.29, 1.82) is 0 Å². The molecule has 2 N–H and O–H groups in total. The summed E-state index contributed by atoms with van der Waals surface area (Å²) in [5.74, 6) is 0.339. The second-order valence-electron chi connectivity index (χ2n) is 6.45. The number of nitrogens with one attached hydrogen (secondary N) is 2. The van der Waals surface area contributed by atoms with Crippen molar-refractivity contribution in [2.24, 2.45) is 16.7 Å². The van der Waals surface area contributed by atoms with Gasteiger partial charge in [0.25, 0.3) is 10.0 Å². The molecule has 6 heteroatoms. The Balaban J connectivity index is 2.14. The molecule has 0 unspecified atom stereocenters. The normalized spacial score (nSPS) is 20.6. The highest BCUT2D eigenvalue weighted by Crippen LogP contribution is 2.67. The lowest BCUT2D eigenvalue weighted by molar-refractivity contribution is 0.457. The van der Waals surface area contributed by atoms with E-state index in [1.54, 1.807) is 19.2 Å². The van der Waals surface area contributed by atoms with Crippen LogP contribution in [0, 0.1) is 16.7 Å². The number of nitrogens with zero attached hydrogens (tertiary/aromatic N) is 1. The highest BCUT2D eigenvalue weighted by atomic mass is 32.2. The Hall–Kier alpha value is -1.14. The van der Waals surface area contributed by atoms with Gasteiger partial charge in [0.15, 0.2) is 5.03 Å². The zero-order valence-corrected chi connectivity index (χ0v) is 13.5. The Bertz CT molecular complexity index is 595. The van der Waals surface area contributed by atoms with E-state index in [0.717, 1.165) is 0 Å². The van der Waals surface area contributed by atoms with Crippen molar-refractivity contribution in [3.8, 4) is 0 Å². The predicted molar refractivity (Wildman–Crippen MR) is 80.0 cm³/mol. The molecular weight excluding hydrogens is 274 g/mol. The van der Waals surface area contributed by atoms with E-state index >= 15 is 0 Å². The van der Waals surface area contributed by atoms with Gasteiger partial charge in [-0.2, -0.15) is 0 Å². The van der Waals surface area contributed by atoms with E-state index in [2.05, 4.69) is 42.7 Å². The summed E-state index contributed by atoms with van der Waals surface area (Å²) in [4.78, 5) is 3.98. The van der Waals surface area contributed by atoms with Crippen molar-refractivity contribution in [2.75, 3.05) is 18.9 Å². The number of hydrogen-bond acceptors (Lipinski definition) is 4. The fraction of sp³-hybridized carbons (Fsp3) is 0.643. The first-order valence-corrected chi connectivity index (χ1v) is 8.25. The molecule has 0 radical (unpaired) electrons. The average Bonchev–Trinajstić information content (AvgIpc) is 2.77. The maximum atomic E-state index is 12.4. The summed E-state index contributed by atoms with van der Waals surface area (Å²) in [6.45, 7) is 9.14. The standard InChI is InChI=1S/C14H23N3O2S/c1-13(2)11(14(13,3)4)9-17-20(18,19)12-10(15-5)7-6-8-16-12/h6-8,11,15,17H,9H2,1-5H3. The lowest BCUT2D eigenvalue weighted by Crippen LogP contribution is -2.28. The molecule has 0 amide bonds. The number of hydrogen-bond donors (Lipinski definition) is 2. The number of pyridine rings is 1. The van der Waals surface area contributed by atoms with Crippen LogP contribution in [0.1, 0.15) is 27.7 Å². The predicted octanol–water partition coefficient (Wildman–Crippen LogP) is 2.08. The topological polar surface area (TPSA) is 71.1 Å². The summed E-state index contributed by atoms with van der Waals surface area (Å²) in [5.41, 5.74) is 0.825. The second-order valence-corrected chi connectivity index (χ2v) is 8.14. The molecule has 0 spiro atoms. The largest absolute Gasteiger partial charge is 0.386 e. The summed E-state index contributed by atoms with van der Waals surface area (Å²) < 4.78 is 27.4. The fourth-order valence-electron chi connectivity index (χ4n) is 2.90. The van der Waals surface area contributed by atoms with Crippen molar-refractivity contribution in [3.63, 3.8) is 0 Å². The van der Waals surface area contributed by atoms with Gasteiger partial charge in [0.05, 0.1) is 5.69 Å². The van der Waals surface area contributed by atoms with Crippen molar-refractivity contribution in [1.82, 2.24) is 9.71 Å². The minimum Gasteiger partial charge on any atom is -0.386 e. The van der Waals surface area contributed by atoms with E-state index in [1.807, 2.05) is 0 Å². The first kappa shape index (κ1) is 15.3. The van der Waals surface area contributed by atoms with Crippen LogP contribution < -0.4 is 10.0 Å². The third-order valence-corrected chi connectivity index (χ3v) is 6.47. The molecule has 1 aromatic rings. The van der Waals surface area contributed by atoms with E-state index in [1.165, 1.54) is 6.20 Å². The zero-order valence-electron chi connectivity index (χ0n) is 12.7. The Morgan fingerprint density at radius 3 is 2.35 bits per heavy atom. The van der Waals surface area contributed by atoms with Gasteiger partial charge in [-0.15, -0.1) is 0 Å². The minimum absolute atomic E-state index is 0.0544. The van der Waals surface area contributed by atoms with Crippen LogP contribution in [0.4, 0.5) is 5.69 Å². The van der Waals surface area contributed by atoms with Crippen LogP contribution >= 0.6 is 0 Å². The van der Waals surface area contributed by atoms with Gasteiger partial charge in [-0.25, -0.2) is 18.1 Å². The number of anilines is 1. The summed E-state index contributed by atoms with van der Waals surface area (Å²) in [6, 6.07) is 3.41. The molecule has 0 saturated heterocycles. The van der Waals surface area contributed by atoms with Crippen LogP contribution in [-0.2, 0) is 10.0 Å². The van der Waals surface area contributed by atoms with E-state index in [4.69, 9.17) is 0 Å². The van der Waals surface area contributed by atoms with Crippen LogP contribution in [0.2, 0.25) is 0 Å². The van der Waals surface area contributed by atoms with Gasteiger partial charge in [-0.05, 0) is 28.9 Å². The molecular formula is C14H23N3O2S. The van der Waals surface area contributed by atoms with Gasteiger partial charge in [-0.3, -0.25) is 0 Å². The second kappa shape index (κ2) is 4.70. The van der Waals surface area contributed by atoms with Gasteiger partial charge in [0.1, 0.15) is 0 Å². The highest BCUT2D eigenvalue weighted by Gasteiger charge is 2.64. The number of rotatable bonds is 5. The zero-order chi connectivity index (χ0) is 15.2. The SMILES string of the molecule is CNc1cccnc1S(=O)(=O)NCC1C(C)(C)C1(C)C. The molecule has 1 aliphatic carbocycles. The van der Waals surface area contributed by atoms with Gasteiger partial charge >= 0.3 is 0 Å². The molecule has 1 aliphatic rings. The van der Waals surface area contributed by atoms with E-state index < -0.39 is 10.0 Å². The number of aromatic nitrogens is 1. The quantitative estimate of drug-likeness (QED) is 0.873. The summed E-state index contributed by atoms with van der Waals surface area (Å²) in [5, 5.41) is 2.91. The Kier molecular flexibility index (Phi) is 3.59. The molecule has 2 rings (SSSR count). The van der Waals surface area contributed by atoms with Gasteiger partial charge in [0, 0.05) is 19.8 Å². The molecule has 0 aromatic carbocycles. The molecule has 20 heavy (non-hydrogen) atoms. The first-order chi connectivity index (χ1) is 9.14. The highest BCUT2D eigenvalue weighted by molar-refractivity contribution is 7.89. The third-order valence-electron chi connectivity index (χ3n) is 5.09. The van der Waals surface area contributed by atoms with Crippen molar-refractivity contribution >= 4 is 15.7 Å². The molecule has 1 aromatic heterocycles. The molecule has 0 atom stereocenters. The molecule has 0 bridgehead atoms. The van der Waals surface area contributed by atoms with E-state index in [-0.39, 0.29) is 15.9 Å². The summed E-state index contributed by atoms with van der Waals surface area (Å²) in [6.07, 6.45) is 1.49. The lowest BCUT2D eigenvalue weighted by atomic mass is 10.0. The van der Waals surface area contributed by atoms with Crippen molar-refractivity contribution < 1.29 is 8.42 Å². The van der Waals surface area contributed by atoms with Gasteiger partial charge in [0.2, 0.25) is 0 Å².